The van der Waals surface area contributed by atoms with Crippen molar-refractivity contribution in [3.63, 3.8) is 0 Å². The molecule has 0 spiro atoms. The van der Waals surface area contributed by atoms with Crippen LogP contribution in [-0.4, -0.2) is 71.3 Å². The number of alkyl carbamates (subject to hydrolysis) is 1. The number of imide groups is 1. The minimum atomic E-state index is -0.884. The van der Waals surface area contributed by atoms with Crippen LogP contribution in [-0.2, 0) is 9.53 Å². The topological polar surface area (TPSA) is 96.0 Å². The molecule has 0 aliphatic carbocycles. The third-order valence-electron chi connectivity index (χ3n) is 5.01. The second-order valence-electron chi connectivity index (χ2n) is 6.77. The Bertz CT molecular complexity index is 757. The summed E-state index contributed by atoms with van der Waals surface area (Å²) in [4.78, 5) is 52.2. The van der Waals surface area contributed by atoms with Gasteiger partial charge in [-0.05, 0) is 31.9 Å². The number of piperidine rings is 1. The highest BCUT2D eigenvalue weighted by molar-refractivity contribution is 6.22. The summed E-state index contributed by atoms with van der Waals surface area (Å²) in [6, 6.07) is 5.58. The monoisotopic (exact) mass is 407 g/mol. The Balaban J connectivity index is 1.56. The molecule has 28 heavy (non-hydrogen) atoms. The van der Waals surface area contributed by atoms with Crippen LogP contribution in [0.4, 0.5) is 4.79 Å². The molecular formula is C19H22ClN3O5. The molecule has 2 heterocycles. The molecule has 0 saturated carbocycles. The Morgan fingerprint density at radius 2 is 1.75 bits per heavy atom. The van der Waals surface area contributed by atoms with Crippen LogP contribution in [0.25, 0.3) is 0 Å². The highest BCUT2D eigenvalue weighted by Gasteiger charge is 2.42. The van der Waals surface area contributed by atoms with Gasteiger partial charge < -0.3 is 15.0 Å². The zero-order chi connectivity index (χ0) is 20.3. The van der Waals surface area contributed by atoms with E-state index in [-0.39, 0.29) is 24.4 Å². The van der Waals surface area contributed by atoms with Gasteiger partial charge in [-0.3, -0.25) is 19.3 Å². The van der Waals surface area contributed by atoms with Gasteiger partial charge in [0, 0.05) is 19.1 Å². The minimum Gasteiger partial charge on any atom is -0.448 e. The molecule has 1 aromatic carbocycles. The summed E-state index contributed by atoms with van der Waals surface area (Å²) in [7, 11) is 0. The lowest BCUT2D eigenvalue weighted by Crippen LogP contribution is -2.53. The lowest BCUT2D eigenvalue weighted by Gasteiger charge is -2.35. The van der Waals surface area contributed by atoms with Gasteiger partial charge in [0.25, 0.3) is 11.8 Å². The number of halogens is 1. The van der Waals surface area contributed by atoms with Crippen LogP contribution in [0.15, 0.2) is 24.3 Å². The van der Waals surface area contributed by atoms with Crippen LogP contribution in [0.5, 0.6) is 0 Å². The maximum atomic E-state index is 12.9. The molecule has 150 valence electrons. The summed E-state index contributed by atoms with van der Waals surface area (Å²) in [5.41, 5.74) is 0.649. The Labute approximate surface area is 167 Å². The summed E-state index contributed by atoms with van der Waals surface area (Å²) in [5.74, 6) is -0.937. The van der Waals surface area contributed by atoms with E-state index in [9.17, 15) is 19.2 Å². The Hall–Kier alpha value is -2.61. The van der Waals surface area contributed by atoms with Crippen molar-refractivity contribution in [3.8, 4) is 0 Å². The molecule has 9 heteroatoms. The van der Waals surface area contributed by atoms with Crippen LogP contribution in [0.2, 0.25) is 0 Å². The van der Waals surface area contributed by atoms with E-state index in [0.29, 0.717) is 37.1 Å². The normalized spacial score (nSPS) is 18.1. The summed E-state index contributed by atoms with van der Waals surface area (Å²) in [5, 5.41) is 2.75. The maximum Gasteiger partial charge on any atom is 0.407 e. The van der Waals surface area contributed by atoms with E-state index in [2.05, 4.69) is 5.32 Å². The lowest BCUT2D eigenvalue weighted by atomic mass is 10.0. The molecule has 8 nitrogen and oxygen atoms in total. The molecule has 1 fully saturated rings. The van der Waals surface area contributed by atoms with Crippen molar-refractivity contribution in [2.45, 2.75) is 31.8 Å². The summed E-state index contributed by atoms with van der Waals surface area (Å²) in [6.45, 7) is 2.56. The van der Waals surface area contributed by atoms with Gasteiger partial charge in [-0.25, -0.2) is 4.79 Å². The van der Waals surface area contributed by atoms with Gasteiger partial charge in [0.2, 0.25) is 5.91 Å². The Kier molecular flexibility index (Phi) is 6.18. The molecule has 1 atom stereocenters. The molecule has 0 radical (unpaired) electrons. The molecule has 1 aromatic rings. The minimum absolute atomic E-state index is 0.0958. The number of carbonyl (C=O) groups is 4. The Morgan fingerprint density at radius 1 is 1.18 bits per heavy atom. The van der Waals surface area contributed by atoms with E-state index in [0.717, 1.165) is 4.90 Å². The zero-order valence-electron chi connectivity index (χ0n) is 15.5. The first-order chi connectivity index (χ1) is 13.4. The van der Waals surface area contributed by atoms with E-state index in [1.165, 1.54) is 0 Å². The molecule has 0 bridgehead atoms. The van der Waals surface area contributed by atoms with Gasteiger partial charge >= 0.3 is 6.09 Å². The van der Waals surface area contributed by atoms with Crippen LogP contribution in [0.1, 0.15) is 40.5 Å². The number of nitrogens with zero attached hydrogens (tertiary/aromatic N) is 2. The molecule has 0 aromatic heterocycles. The molecule has 2 aliphatic rings. The van der Waals surface area contributed by atoms with Crippen molar-refractivity contribution in [2.24, 2.45) is 0 Å². The number of hydrogen-bond donors (Lipinski definition) is 1. The van der Waals surface area contributed by atoms with E-state index in [1.54, 1.807) is 36.1 Å². The highest BCUT2D eigenvalue weighted by atomic mass is 35.5. The number of likely N-dealkylation sites (tertiary alicyclic amines) is 1. The molecule has 1 unspecified atom stereocenters. The standard InChI is InChI=1S/C19H22ClN3O5/c1-12(23-17(25)14-4-2-3-5-15(14)18(23)26)16(24)22-9-6-13(7-10-22)21-19(27)28-11-8-20/h2-5,12-13H,6-11H2,1H3,(H,21,27). The smallest absolute Gasteiger partial charge is 0.407 e. The first-order valence-corrected chi connectivity index (χ1v) is 9.72. The van der Waals surface area contributed by atoms with Gasteiger partial charge in [0.15, 0.2) is 0 Å². The van der Waals surface area contributed by atoms with Gasteiger partial charge in [-0.1, -0.05) is 12.1 Å². The number of fused-ring (bicyclic) bond motifs is 1. The van der Waals surface area contributed by atoms with E-state index in [1.807, 2.05) is 0 Å². The largest absolute Gasteiger partial charge is 0.448 e. The summed E-state index contributed by atoms with van der Waals surface area (Å²) < 4.78 is 4.88. The number of amides is 4. The van der Waals surface area contributed by atoms with E-state index >= 15 is 0 Å². The number of ether oxygens (including phenoxy) is 1. The summed E-state index contributed by atoms with van der Waals surface area (Å²) in [6.07, 6.45) is 0.609. The number of nitrogens with one attached hydrogen (secondary N) is 1. The van der Waals surface area contributed by atoms with Gasteiger partial charge in [-0.15, -0.1) is 11.6 Å². The SMILES string of the molecule is CC(C(=O)N1CCC(NC(=O)OCCCl)CC1)N1C(=O)c2ccccc2C1=O. The van der Waals surface area contributed by atoms with Crippen LogP contribution in [0, 0.1) is 0 Å². The van der Waals surface area contributed by atoms with Crippen molar-refractivity contribution in [3.05, 3.63) is 35.4 Å². The molecule has 1 saturated heterocycles. The fourth-order valence-electron chi connectivity index (χ4n) is 3.52. The first kappa shape index (κ1) is 20.1. The van der Waals surface area contributed by atoms with Gasteiger partial charge in [-0.2, -0.15) is 0 Å². The molecule has 2 aliphatic heterocycles. The van der Waals surface area contributed by atoms with Crippen LogP contribution >= 0.6 is 11.6 Å². The average molecular weight is 408 g/mol. The fourth-order valence-corrected chi connectivity index (χ4v) is 3.60. The predicted octanol–water partition coefficient (Wildman–Crippen LogP) is 1.63. The maximum absolute atomic E-state index is 12.9. The zero-order valence-corrected chi connectivity index (χ0v) is 16.3. The quantitative estimate of drug-likeness (QED) is 0.591. The number of hydrogen-bond acceptors (Lipinski definition) is 5. The second-order valence-corrected chi connectivity index (χ2v) is 7.15. The van der Waals surface area contributed by atoms with Crippen molar-refractivity contribution < 1.29 is 23.9 Å². The van der Waals surface area contributed by atoms with Crippen molar-refractivity contribution in [1.29, 1.82) is 0 Å². The van der Waals surface area contributed by atoms with Crippen LogP contribution in [0.3, 0.4) is 0 Å². The average Bonchev–Trinajstić information content (AvgIpc) is 2.96. The number of alkyl halides is 1. The van der Waals surface area contributed by atoms with E-state index in [4.69, 9.17) is 16.3 Å². The van der Waals surface area contributed by atoms with Gasteiger partial charge in [0.05, 0.1) is 17.0 Å². The molecule has 4 amide bonds. The number of carbonyl (C=O) groups excluding carboxylic acids is 4. The summed E-state index contributed by atoms with van der Waals surface area (Å²) >= 11 is 5.47. The molecule has 3 rings (SSSR count). The Morgan fingerprint density at radius 3 is 2.29 bits per heavy atom. The van der Waals surface area contributed by atoms with Gasteiger partial charge in [0.1, 0.15) is 12.6 Å². The van der Waals surface area contributed by atoms with E-state index < -0.39 is 23.9 Å². The molecule has 1 N–H and O–H groups in total. The second kappa shape index (κ2) is 8.60. The van der Waals surface area contributed by atoms with Crippen LogP contribution < -0.4 is 5.32 Å². The highest BCUT2D eigenvalue weighted by Crippen LogP contribution is 2.25. The van der Waals surface area contributed by atoms with Crippen molar-refractivity contribution >= 4 is 35.4 Å². The third kappa shape index (κ3) is 3.96. The number of benzene rings is 1. The van der Waals surface area contributed by atoms with Crippen molar-refractivity contribution in [1.82, 2.24) is 15.1 Å². The molecular weight excluding hydrogens is 386 g/mol. The lowest BCUT2D eigenvalue weighted by molar-refractivity contribution is -0.136. The van der Waals surface area contributed by atoms with Crippen molar-refractivity contribution in [2.75, 3.05) is 25.6 Å². The first-order valence-electron chi connectivity index (χ1n) is 9.19. The predicted molar refractivity (Wildman–Crippen MR) is 101 cm³/mol. The number of rotatable bonds is 5. The fraction of sp³-hybridized carbons (Fsp3) is 0.474. The third-order valence-corrected chi connectivity index (χ3v) is 5.16.